The first kappa shape index (κ1) is 10.1. The molecule has 1 aliphatic heterocycles. The largest absolute Gasteiger partial charge is 0.379 e. The van der Waals surface area contributed by atoms with Gasteiger partial charge in [-0.3, -0.25) is 0 Å². The Labute approximate surface area is 89.3 Å². The highest BCUT2D eigenvalue weighted by molar-refractivity contribution is 7.10. The standard InChI is InChI=1S/C11H17NOS/c1-3-9(13-2)10-11-8(4-6-12-10)5-7-14-11/h5,7,9-10,12H,3-4,6H2,1-2H3. The van der Waals surface area contributed by atoms with E-state index < -0.39 is 0 Å². The summed E-state index contributed by atoms with van der Waals surface area (Å²) in [5.74, 6) is 0. The molecule has 0 aliphatic carbocycles. The van der Waals surface area contributed by atoms with Crippen molar-refractivity contribution in [1.82, 2.24) is 5.32 Å². The fourth-order valence-electron chi connectivity index (χ4n) is 2.12. The molecule has 3 heteroatoms. The summed E-state index contributed by atoms with van der Waals surface area (Å²) in [7, 11) is 1.80. The van der Waals surface area contributed by atoms with Gasteiger partial charge in [0.25, 0.3) is 0 Å². The molecule has 2 unspecified atom stereocenters. The Hall–Kier alpha value is -0.380. The highest BCUT2D eigenvalue weighted by Gasteiger charge is 2.27. The second-order valence-corrected chi connectivity index (χ2v) is 4.62. The van der Waals surface area contributed by atoms with Crippen molar-refractivity contribution in [3.63, 3.8) is 0 Å². The number of ether oxygens (including phenoxy) is 1. The van der Waals surface area contributed by atoms with Crippen LogP contribution in [0.4, 0.5) is 0 Å². The van der Waals surface area contributed by atoms with Crippen LogP contribution < -0.4 is 5.32 Å². The van der Waals surface area contributed by atoms with E-state index in [2.05, 4.69) is 23.7 Å². The third kappa shape index (κ3) is 1.72. The van der Waals surface area contributed by atoms with E-state index in [0.717, 1.165) is 19.4 Å². The quantitative estimate of drug-likeness (QED) is 0.828. The van der Waals surface area contributed by atoms with Crippen molar-refractivity contribution in [2.24, 2.45) is 0 Å². The molecule has 0 aromatic carbocycles. The van der Waals surface area contributed by atoms with Gasteiger partial charge in [0, 0.05) is 12.0 Å². The van der Waals surface area contributed by atoms with Crippen LogP contribution in [0.15, 0.2) is 11.4 Å². The average Bonchev–Trinajstić information content (AvgIpc) is 2.68. The van der Waals surface area contributed by atoms with Crippen molar-refractivity contribution in [3.8, 4) is 0 Å². The van der Waals surface area contributed by atoms with Crippen LogP contribution in [-0.4, -0.2) is 19.8 Å². The Balaban J connectivity index is 2.22. The van der Waals surface area contributed by atoms with Crippen LogP contribution in [0.2, 0.25) is 0 Å². The lowest BCUT2D eigenvalue weighted by Crippen LogP contribution is -2.37. The highest BCUT2D eigenvalue weighted by Crippen LogP contribution is 2.32. The molecule has 1 aromatic heterocycles. The van der Waals surface area contributed by atoms with Gasteiger partial charge in [-0.1, -0.05) is 6.92 Å². The topological polar surface area (TPSA) is 21.3 Å². The van der Waals surface area contributed by atoms with Gasteiger partial charge in [-0.15, -0.1) is 11.3 Å². The third-order valence-corrected chi connectivity index (χ3v) is 3.94. The molecule has 14 heavy (non-hydrogen) atoms. The lowest BCUT2D eigenvalue weighted by Gasteiger charge is -2.29. The van der Waals surface area contributed by atoms with Crippen LogP contribution in [0, 0.1) is 0 Å². The Morgan fingerprint density at radius 3 is 3.29 bits per heavy atom. The van der Waals surface area contributed by atoms with Gasteiger partial charge in [0.15, 0.2) is 0 Å². The molecule has 0 radical (unpaired) electrons. The van der Waals surface area contributed by atoms with E-state index >= 15 is 0 Å². The molecule has 78 valence electrons. The molecule has 2 rings (SSSR count). The van der Waals surface area contributed by atoms with E-state index in [9.17, 15) is 0 Å². The minimum Gasteiger partial charge on any atom is -0.379 e. The van der Waals surface area contributed by atoms with Crippen LogP contribution in [-0.2, 0) is 11.2 Å². The summed E-state index contributed by atoms with van der Waals surface area (Å²) in [4.78, 5) is 1.48. The summed E-state index contributed by atoms with van der Waals surface area (Å²) < 4.78 is 5.51. The maximum Gasteiger partial charge on any atom is 0.0771 e. The zero-order chi connectivity index (χ0) is 9.97. The average molecular weight is 211 g/mol. The van der Waals surface area contributed by atoms with E-state index in [-0.39, 0.29) is 0 Å². The summed E-state index contributed by atoms with van der Waals surface area (Å²) in [6, 6.07) is 2.66. The number of thiophene rings is 1. The van der Waals surface area contributed by atoms with Crippen molar-refractivity contribution in [1.29, 1.82) is 0 Å². The molecule has 2 atom stereocenters. The second-order valence-electron chi connectivity index (χ2n) is 3.67. The first-order valence-electron chi connectivity index (χ1n) is 5.19. The van der Waals surface area contributed by atoms with Crippen LogP contribution in [0.5, 0.6) is 0 Å². The van der Waals surface area contributed by atoms with Crippen molar-refractivity contribution in [2.45, 2.75) is 31.9 Å². The number of hydrogen-bond acceptors (Lipinski definition) is 3. The van der Waals surface area contributed by atoms with Crippen LogP contribution in [0.25, 0.3) is 0 Å². The summed E-state index contributed by atoms with van der Waals surface area (Å²) in [5, 5.41) is 5.74. The number of fused-ring (bicyclic) bond motifs is 1. The molecule has 1 aromatic rings. The molecule has 0 spiro atoms. The lowest BCUT2D eigenvalue weighted by molar-refractivity contribution is 0.0642. The Morgan fingerprint density at radius 1 is 1.71 bits per heavy atom. The Bertz CT molecular complexity index is 293. The van der Waals surface area contributed by atoms with Crippen LogP contribution in [0.3, 0.4) is 0 Å². The SMILES string of the molecule is CCC(OC)C1NCCc2ccsc21. The van der Waals surface area contributed by atoms with Crippen molar-refractivity contribution < 1.29 is 4.74 Å². The van der Waals surface area contributed by atoms with E-state index in [1.807, 2.05) is 11.3 Å². The highest BCUT2D eigenvalue weighted by atomic mass is 32.1. The fourth-order valence-corrected chi connectivity index (χ4v) is 3.20. The van der Waals surface area contributed by atoms with Gasteiger partial charge in [-0.2, -0.15) is 0 Å². The molecule has 2 heterocycles. The Morgan fingerprint density at radius 2 is 2.57 bits per heavy atom. The maximum atomic E-state index is 5.51. The van der Waals surface area contributed by atoms with Gasteiger partial charge in [-0.25, -0.2) is 0 Å². The zero-order valence-electron chi connectivity index (χ0n) is 8.75. The third-order valence-electron chi connectivity index (χ3n) is 2.90. The monoisotopic (exact) mass is 211 g/mol. The van der Waals surface area contributed by atoms with Crippen molar-refractivity contribution in [3.05, 3.63) is 21.9 Å². The van der Waals surface area contributed by atoms with Gasteiger partial charge in [0.1, 0.15) is 0 Å². The van der Waals surface area contributed by atoms with Crippen molar-refractivity contribution >= 4 is 11.3 Å². The second kappa shape index (κ2) is 4.43. The van der Waals surface area contributed by atoms with E-state index in [1.165, 1.54) is 10.4 Å². The van der Waals surface area contributed by atoms with Gasteiger partial charge >= 0.3 is 0 Å². The number of hydrogen-bond donors (Lipinski definition) is 1. The summed E-state index contributed by atoms with van der Waals surface area (Å²) in [6.07, 6.45) is 2.54. The van der Waals surface area contributed by atoms with E-state index in [4.69, 9.17) is 4.74 Å². The first-order chi connectivity index (χ1) is 6.86. The number of rotatable bonds is 3. The molecule has 0 fully saturated rings. The molecule has 0 saturated heterocycles. The zero-order valence-corrected chi connectivity index (χ0v) is 9.56. The molecule has 0 amide bonds. The molecular weight excluding hydrogens is 194 g/mol. The molecular formula is C11H17NOS. The summed E-state index contributed by atoms with van der Waals surface area (Å²) in [6.45, 7) is 3.26. The molecule has 1 aliphatic rings. The first-order valence-corrected chi connectivity index (χ1v) is 6.07. The fraction of sp³-hybridized carbons (Fsp3) is 0.636. The summed E-state index contributed by atoms with van der Waals surface area (Å²) in [5.41, 5.74) is 1.51. The van der Waals surface area contributed by atoms with Gasteiger partial charge in [-0.05, 0) is 36.4 Å². The predicted octanol–water partition coefficient (Wildman–Crippen LogP) is 2.36. The van der Waals surface area contributed by atoms with E-state index in [0.29, 0.717) is 12.1 Å². The number of nitrogens with one attached hydrogen (secondary N) is 1. The van der Waals surface area contributed by atoms with Crippen LogP contribution in [0.1, 0.15) is 29.8 Å². The van der Waals surface area contributed by atoms with Crippen molar-refractivity contribution in [2.75, 3.05) is 13.7 Å². The van der Waals surface area contributed by atoms with Gasteiger partial charge < -0.3 is 10.1 Å². The molecule has 0 saturated carbocycles. The lowest BCUT2D eigenvalue weighted by atomic mass is 9.98. The number of methoxy groups -OCH3 is 1. The van der Waals surface area contributed by atoms with Gasteiger partial charge in [0.05, 0.1) is 12.1 Å². The molecule has 0 bridgehead atoms. The normalized spacial score (nSPS) is 23.1. The molecule has 1 N–H and O–H groups in total. The predicted molar refractivity (Wildman–Crippen MR) is 59.9 cm³/mol. The minimum atomic E-state index is 0.313. The molecule has 2 nitrogen and oxygen atoms in total. The smallest absolute Gasteiger partial charge is 0.0771 e. The Kier molecular flexibility index (Phi) is 3.21. The van der Waals surface area contributed by atoms with Gasteiger partial charge in [0.2, 0.25) is 0 Å². The minimum absolute atomic E-state index is 0.313. The van der Waals surface area contributed by atoms with Crippen LogP contribution >= 0.6 is 11.3 Å². The van der Waals surface area contributed by atoms with E-state index in [1.54, 1.807) is 7.11 Å². The maximum absolute atomic E-state index is 5.51. The summed E-state index contributed by atoms with van der Waals surface area (Å²) >= 11 is 1.85.